The number of fused-ring (bicyclic) bond motifs is 8. The van der Waals surface area contributed by atoms with Crippen molar-refractivity contribution in [2.45, 2.75) is 0 Å². The number of aromatic nitrogens is 3. The molecule has 10 aromatic rings. The van der Waals surface area contributed by atoms with E-state index in [1.807, 2.05) is 6.07 Å². The Morgan fingerprint density at radius 2 is 0.918 bits per heavy atom. The molecule has 8 aromatic carbocycles. The Kier molecular flexibility index (Phi) is 6.36. The molecule has 3 nitrogen and oxygen atoms in total. The molecule has 228 valence electrons. The molecule has 0 aliphatic rings. The highest BCUT2D eigenvalue weighted by molar-refractivity contribution is 7.25. The van der Waals surface area contributed by atoms with Crippen LogP contribution in [0.2, 0.25) is 0 Å². The molecule has 0 fully saturated rings. The Balaban J connectivity index is 1.19. The smallest absolute Gasteiger partial charge is 0.164 e. The van der Waals surface area contributed by atoms with Gasteiger partial charge in [0.15, 0.2) is 17.5 Å². The largest absolute Gasteiger partial charge is 0.208 e. The highest BCUT2D eigenvalue weighted by Gasteiger charge is 2.18. The van der Waals surface area contributed by atoms with Gasteiger partial charge in [0.25, 0.3) is 0 Å². The average molecular weight is 642 g/mol. The first kappa shape index (κ1) is 27.8. The van der Waals surface area contributed by atoms with E-state index in [2.05, 4.69) is 158 Å². The maximum atomic E-state index is 5.21. The average Bonchev–Trinajstić information content (AvgIpc) is 3.57. The summed E-state index contributed by atoms with van der Waals surface area (Å²) in [5, 5.41) is 9.80. The molecule has 10 rings (SSSR count). The summed E-state index contributed by atoms with van der Waals surface area (Å²) < 4.78 is 2.47. The van der Waals surface area contributed by atoms with Crippen LogP contribution < -0.4 is 0 Å². The van der Waals surface area contributed by atoms with E-state index in [9.17, 15) is 0 Å². The van der Waals surface area contributed by atoms with Crippen LogP contribution >= 0.6 is 11.3 Å². The second-order valence-corrected chi connectivity index (χ2v) is 13.5. The minimum Gasteiger partial charge on any atom is -0.208 e. The maximum absolute atomic E-state index is 5.21. The fraction of sp³-hybridized carbons (Fsp3) is 0. The van der Waals surface area contributed by atoms with Gasteiger partial charge in [-0.3, -0.25) is 0 Å². The summed E-state index contributed by atoms with van der Waals surface area (Å²) >= 11 is 1.80. The van der Waals surface area contributed by atoms with Crippen molar-refractivity contribution < 1.29 is 0 Å². The predicted octanol–water partition coefficient (Wildman–Crippen LogP) is 12.4. The van der Waals surface area contributed by atoms with E-state index in [0.717, 1.165) is 33.2 Å². The first-order valence-electron chi connectivity index (χ1n) is 16.4. The van der Waals surface area contributed by atoms with Crippen LogP contribution in [0.15, 0.2) is 164 Å². The van der Waals surface area contributed by atoms with Crippen molar-refractivity contribution in [3.8, 4) is 45.3 Å². The van der Waals surface area contributed by atoms with Crippen molar-refractivity contribution in [2.24, 2.45) is 0 Å². The van der Waals surface area contributed by atoms with Crippen LogP contribution in [0.4, 0.5) is 0 Å². The molecule has 0 spiro atoms. The number of hydrogen-bond acceptors (Lipinski definition) is 4. The van der Waals surface area contributed by atoms with E-state index in [1.165, 1.54) is 47.1 Å². The first-order valence-corrected chi connectivity index (χ1v) is 17.3. The number of rotatable bonds is 4. The second kappa shape index (κ2) is 11.2. The summed E-state index contributed by atoms with van der Waals surface area (Å²) in [6.07, 6.45) is 0. The fourth-order valence-corrected chi connectivity index (χ4v) is 8.28. The van der Waals surface area contributed by atoms with Gasteiger partial charge in [-0.1, -0.05) is 140 Å². The van der Waals surface area contributed by atoms with E-state index in [0.29, 0.717) is 17.5 Å². The molecular weight excluding hydrogens is 615 g/mol. The van der Waals surface area contributed by atoms with Crippen LogP contribution in [0.25, 0.3) is 97.8 Å². The number of benzene rings is 8. The van der Waals surface area contributed by atoms with Gasteiger partial charge < -0.3 is 0 Å². The molecule has 0 amide bonds. The monoisotopic (exact) mass is 641 g/mol. The predicted molar refractivity (Wildman–Crippen MR) is 207 cm³/mol. The molecule has 49 heavy (non-hydrogen) atoms. The van der Waals surface area contributed by atoms with Crippen molar-refractivity contribution in [2.75, 3.05) is 0 Å². The minimum atomic E-state index is 0.652. The van der Waals surface area contributed by atoms with Gasteiger partial charge in [-0.05, 0) is 67.7 Å². The highest BCUT2D eigenvalue weighted by Crippen LogP contribution is 2.40. The summed E-state index contributed by atoms with van der Waals surface area (Å²) in [5.74, 6) is 1.98. The molecule has 0 radical (unpaired) electrons. The van der Waals surface area contributed by atoms with Gasteiger partial charge in [-0.2, -0.15) is 0 Å². The molecule has 2 heterocycles. The van der Waals surface area contributed by atoms with Gasteiger partial charge in [-0.25, -0.2) is 15.0 Å². The van der Waals surface area contributed by atoms with E-state index < -0.39 is 0 Å². The van der Waals surface area contributed by atoms with Crippen molar-refractivity contribution in [3.05, 3.63) is 164 Å². The highest BCUT2D eigenvalue weighted by atomic mass is 32.1. The molecule has 0 aliphatic carbocycles. The standard InChI is InChI=1S/C45H27N3S/c1-2-10-28(11-3-1)30-13-8-14-32(26-30)43-46-44(48-45(47-43)39-17-9-19-41-42(39)38-16-6-7-18-40(38)49-41)33-22-23-35-31(27-33)21-25-36-34-15-5-4-12-29(34)20-24-37(35)36/h1-27H. The van der Waals surface area contributed by atoms with Gasteiger partial charge >= 0.3 is 0 Å². The van der Waals surface area contributed by atoms with Crippen LogP contribution in [0.3, 0.4) is 0 Å². The molecule has 0 saturated heterocycles. The van der Waals surface area contributed by atoms with Crippen LogP contribution in [0, 0.1) is 0 Å². The molecule has 0 N–H and O–H groups in total. The lowest BCUT2D eigenvalue weighted by atomic mass is 9.96. The third kappa shape index (κ3) is 4.68. The van der Waals surface area contributed by atoms with Gasteiger partial charge in [0.05, 0.1) is 0 Å². The molecular formula is C45H27N3S. The Morgan fingerprint density at radius 3 is 1.78 bits per heavy atom. The third-order valence-corrected chi connectivity index (χ3v) is 10.6. The minimum absolute atomic E-state index is 0.652. The van der Waals surface area contributed by atoms with E-state index in [-0.39, 0.29) is 0 Å². The summed E-state index contributed by atoms with van der Waals surface area (Å²) in [5.41, 5.74) is 5.20. The molecule has 4 heteroatoms. The lowest BCUT2D eigenvalue weighted by Crippen LogP contribution is -2.00. The normalized spacial score (nSPS) is 11.7. The Labute approximate surface area is 286 Å². The summed E-state index contributed by atoms with van der Waals surface area (Å²) in [6, 6.07) is 58.0. The topological polar surface area (TPSA) is 38.7 Å². The zero-order chi connectivity index (χ0) is 32.3. The van der Waals surface area contributed by atoms with Crippen molar-refractivity contribution in [3.63, 3.8) is 0 Å². The van der Waals surface area contributed by atoms with E-state index >= 15 is 0 Å². The Morgan fingerprint density at radius 1 is 0.327 bits per heavy atom. The van der Waals surface area contributed by atoms with Gasteiger partial charge in [0.2, 0.25) is 0 Å². The summed E-state index contributed by atoms with van der Waals surface area (Å²) in [4.78, 5) is 15.5. The lowest BCUT2D eigenvalue weighted by Gasteiger charge is -2.12. The molecule has 0 bridgehead atoms. The van der Waals surface area contributed by atoms with Crippen molar-refractivity contribution in [1.29, 1.82) is 0 Å². The van der Waals surface area contributed by atoms with Gasteiger partial charge in [-0.15, -0.1) is 11.3 Å². The van der Waals surface area contributed by atoms with Gasteiger partial charge in [0.1, 0.15) is 0 Å². The number of nitrogens with zero attached hydrogens (tertiary/aromatic N) is 3. The van der Waals surface area contributed by atoms with E-state index in [1.54, 1.807) is 11.3 Å². The Hall–Kier alpha value is -6.23. The molecule has 2 aromatic heterocycles. The number of thiophene rings is 1. The maximum Gasteiger partial charge on any atom is 0.164 e. The summed E-state index contributed by atoms with van der Waals surface area (Å²) in [6.45, 7) is 0. The Bertz CT molecular complexity index is 2890. The number of hydrogen-bond donors (Lipinski definition) is 0. The van der Waals surface area contributed by atoms with Crippen LogP contribution in [-0.4, -0.2) is 15.0 Å². The van der Waals surface area contributed by atoms with Crippen molar-refractivity contribution in [1.82, 2.24) is 15.0 Å². The third-order valence-electron chi connectivity index (χ3n) is 9.51. The van der Waals surface area contributed by atoms with Gasteiger partial charge in [0, 0.05) is 36.9 Å². The zero-order valence-electron chi connectivity index (χ0n) is 26.3. The molecule has 0 atom stereocenters. The molecule has 0 saturated carbocycles. The molecule has 0 aliphatic heterocycles. The van der Waals surface area contributed by atoms with Crippen molar-refractivity contribution >= 4 is 63.8 Å². The second-order valence-electron chi connectivity index (χ2n) is 12.4. The zero-order valence-corrected chi connectivity index (χ0v) is 27.2. The first-order chi connectivity index (χ1) is 24.3. The van der Waals surface area contributed by atoms with Crippen LogP contribution in [-0.2, 0) is 0 Å². The molecule has 0 unspecified atom stereocenters. The summed E-state index contributed by atoms with van der Waals surface area (Å²) in [7, 11) is 0. The SMILES string of the molecule is c1ccc(-c2cccc(-c3nc(-c4ccc5c(ccc6c7ccccc7ccc56)c4)nc(-c4cccc5sc6ccccc6c45)n3)c2)cc1. The lowest BCUT2D eigenvalue weighted by molar-refractivity contribution is 1.08. The van der Waals surface area contributed by atoms with Crippen LogP contribution in [0.5, 0.6) is 0 Å². The fourth-order valence-electron chi connectivity index (χ4n) is 7.15. The van der Waals surface area contributed by atoms with E-state index in [4.69, 9.17) is 15.0 Å². The van der Waals surface area contributed by atoms with Crippen LogP contribution in [0.1, 0.15) is 0 Å². The quantitative estimate of drug-likeness (QED) is 0.180.